The first-order valence-electron chi connectivity index (χ1n) is 6.81. The lowest BCUT2D eigenvalue weighted by atomic mass is 9.94. The number of nitrogens with one attached hydrogen (secondary N) is 1. The van der Waals surface area contributed by atoms with Crippen molar-refractivity contribution >= 4 is 9.84 Å². The highest BCUT2D eigenvalue weighted by atomic mass is 32.2. The molecule has 3 unspecified atom stereocenters. The van der Waals surface area contributed by atoms with Crippen LogP contribution in [0.4, 0.5) is 0 Å². The number of hydrogen-bond donors (Lipinski definition) is 1. The van der Waals surface area contributed by atoms with Gasteiger partial charge in [0, 0.05) is 30.7 Å². The van der Waals surface area contributed by atoms with Gasteiger partial charge in [-0.2, -0.15) is 0 Å². The Kier molecular flexibility index (Phi) is 4.58. The van der Waals surface area contributed by atoms with E-state index in [4.69, 9.17) is 0 Å². The average molecular weight is 282 g/mol. The lowest BCUT2D eigenvalue weighted by Crippen LogP contribution is -2.39. The highest BCUT2D eigenvalue weighted by Gasteiger charge is 2.29. The normalized spacial score (nSPS) is 26.0. The van der Waals surface area contributed by atoms with Crippen LogP contribution in [0.2, 0.25) is 0 Å². The highest BCUT2D eigenvalue weighted by molar-refractivity contribution is 7.91. The van der Waals surface area contributed by atoms with Crippen molar-refractivity contribution in [3.05, 3.63) is 30.1 Å². The Bertz CT molecular complexity index is 501. The van der Waals surface area contributed by atoms with Crippen molar-refractivity contribution < 1.29 is 8.42 Å². The van der Waals surface area contributed by atoms with Gasteiger partial charge in [0.1, 0.15) is 9.84 Å². The third-order valence-corrected chi connectivity index (χ3v) is 5.56. The van der Waals surface area contributed by atoms with Crippen molar-refractivity contribution in [1.29, 1.82) is 0 Å². The largest absolute Gasteiger partial charge is 0.307 e. The van der Waals surface area contributed by atoms with E-state index in [-0.39, 0.29) is 17.3 Å². The second-order valence-electron chi connectivity index (χ2n) is 5.48. The van der Waals surface area contributed by atoms with Crippen molar-refractivity contribution in [1.82, 2.24) is 10.3 Å². The molecule has 1 aliphatic carbocycles. The molecule has 0 spiro atoms. The maximum absolute atomic E-state index is 11.7. The fraction of sp³-hybridized carbons (Fsp3) is 0.643. The van der Waals surface area contributed by atoms with Crippen LogP contribution in [0.25, 0.3) is 0 Å². The van der Waals surface area contributed by atoms with E-state index in [0.717, 1.165) is 25.7 Å². The molecular weight excluding hydrogens is 260 g/mol. The summed E-state index contributed by atoms with van der Waals surface area (Å²) in [5, 5.41) is 3.37. The number of nitrogens with zero attached hydrogens (tertiary/aromatic N) is 1. The lowest BCUT2D eigenvalue weighted by molar-refractivity contribution is 0.346. The molecule has 1 N–H and O–H groups in total. The first-order valence-corrected chi connectivity index (χ1v) is 8.77. The van der Waals surface area contributed by atoms with Crippen LogP contribution >= 0.6 is 0 Å². The summed E-state index contributed by atoms with van der Waals surface area (Å²) in [7, 11) is -2.91. The van der Waals surface area contributed by atoms with Gasteiger partial charge in [-0.3, -0.25) is 4.98 Å². The Morgan fingerprint density at radius 1 is 1.32 bits per heavy atom. The van der Waals surface area contributed by atoms with E-state index in [1.54, 1.807) is 12.4 Å². The van der Waals surface area contributed by atoms with E-state index >= 15 is 0 Å². The third-order valence-electron chi connectivity index (χ3n) is 3.92. The first kappa shape index (κ1) is 14.5. The summed E-state index contributed by atoms with van der Waals surface area (Å²) in [5.41, 5.74) is 1.19. The Morgan fingerprint density at radius 3 is 2.63 bits per heavy atom. The molecule has 0 saturated heterocycles. The van der Waals surface area contributed by atoms with Gasteiger partial charge >= 0.3 is 0 Å². The molecule has 0 radical (unpaired) electrons. The smallest absolute Gasteiger partial charge is 0.150 e. The first-order chi connectivity index (χ1) is 8.97. The molecule has 1 aromatic rings. The molecule has 1 saturated carbocycles. The van der Waals surface area contributed by atoms with Crippen molar-refractivity contribution in [3.63, 3.8) is 0 Å². The zero-order valence-corrected chi connectivity index (χ0v) is 12.4. The molecule has 3 atom stereocenters. The van der Waals surface area contributed by atoms with Gasteiger partial charge in [-0.05, 0) is 43.9 Å². The second kappa shape index (κ2) is 6.01. The van der Waals surface area contributed by atoms with Gasteiger partial charge in [-0.15, -0.1) is 0 Å². The SMILES string of the molecule is CC(NC1CCCC(S(C)(=O)=O)C1)c1ccncc1. The van der Waals surface area contributed by atoms with E-state index in [9.17, 15) is 8.42 Å². The van der Waals surface area contributed by atoms with E-state index in [1.807, 2.05) is 12.1 Å². The summed E-state index contributed by atoms with van der Waals surface area (Å²) in [6, 6.07) is 4.51. The fourth-order valence-electron chi connectivity index (χ4n) is 2.79. The molecule has 0 amide bonds. The molecule has 5 heteroatoms. The number of aromatic nitrogens is 1. The van der Waals surface area contributed by atoms with E-state index in [0.29, 0.717) is 0 Å². The molecule has 1 aliphatic rings. The topological polar surface area (TPSA) is 59.1 Å². The van der Waals surface area contributed by atoms with Gasteiger partial charge in [0.25, 0.3) is 0 Å². The van der Waals surface area contributed by atoms with Crippen LogP contribution < -0.4 is 5.32 Å². The predicted molar refractivity (Wildman–Crippen MR) is 76.7 cm³/mol. The van der Waals surface area contributed by atoms with Crippen LogP contribution in [-0.2, 0) is 9.84 Å². The van der Waals surface area contributed by atoms with Crippen LogP contribution in [0.3, 0.4) is 0 Å². The minimum atomic E-state index is -2.91. The van der Waals surface area contributed by atoms with Crippen LogP contribution in [0.5, 0.6) is 0 Å². The van der Waals surface area contributed by atoms with Crippen LogP contribution in [0, 0.1) is 0 Å². The standard InChI is InChI=1S/C14H22N2O2S/c1-11(12-6-8-15-9-7-12)16-13-4-3-5-14(10-13)19(2,17)18/h6-9,11,13-14,16H,3-5,10H2,1-2H3. The predicted octanol–water partition coefficient (Wildman–Crippen LogP) is 2.09. The number of rotatable bonds is 4. The molecule has 1 heterocycles. The molecule has 0 aliphatic heterocycles. The Hall–Kier alpha value is -0.940. The van der Waals surface area contributed by atoms with Crippen LogP contribution in [-0.4, -0.2) is 30.9 Å². The molecule has 1 aromatic heterocycles. The average Bonchev–Trinajstić information content (AvgIpc) is 2.39. The van der Waals surface area contributed by atoms with E-state index in [1.165, 1.54) is 11.8 Å². The number of sulfone groups is 1. The molecule has 1 fully saturated rings. The molecule has 2 rings (SSSR count). The van der Waals surface area contributed by atoms with Crippen LogP contribution in [0.1, 0.15) is 44.2 Å². The zero-order valence-electron chi connectivity index (χ0n) is 11.5. The van der Waals surface area contributed by atoms with Crippen LogP contribution in [0.15, 0.2) is 24.5 Å². The molecule has 4 nitrogen and oxygen atoms in total. The minimum Gasteiger partial charge on any atom is -0.307 e. The Balaban J connectivity index is 1.96. The Labute approximate surface area is 115 Å². The van der Waals surface area contributed by atoms with E-state index < -0.39 is 9.84 Å². The maximum atomic E-state index is 11.7. The van der Waals surface area contributed by atoms with Crippen molar-refractivity contribution in [2.24, 2.45) is 0 Å². The molecule has 106 valence electrons. The van der Waals surface area contributed by atoms with Crippen molar-refractivity contribution in [3.8, 4) is 0 Å². The van der Waals surface area contributed by atoms with E-state index in [2.05, 4.69) is 17.2 Å². The minimum absolute atomic E-state index is 0.177. The maximum Gasteiger partial charge on any atom is 0.150 e. The third kappa shape index (κ3) is 4.01. The van der Waals surface area contributed by atoms with Gasteiger partial charge in [0.05, 0.1) is 5.25 Å². The molecule has 0 bridgehead atoms. The summed E-state index contributed by atoms with van der Waals surface area (Å²) < 4.78 is 23.3. The lowest BCUT2D eigenvalue weighted by Gasteiger charge is -2.31. The van der Waals surface area contributed by atoms with Gasteiger partial charge in [-0.1, -0.05) is 6.42 Å². The summed E-state index contributed by atoms with van der Waals surface area (Å²) in [6.07, 6.45) is 8.50. The van der Waals surface area contributed by atoms with Crippen molar-refractivity contribution in [2.75, 3.05) is 6.26 Å². The number of hydrogen-bond acceptors (Lipinski definition) is 4. The summed E-state index contributed by atoms with van der Waals surface area (Å²) in [4.78, 5) is 4.01. The van der Waals surface area contributed by atoms with Gasteiger partial charge in [0.2, 0.25) is 0 Å². The van der Waals surface area contributed by atoms with Crippen molar-refractivity contribution in [2.45, 2.75) is 49.9 Å². The molecule has 0 aromatic carbocycles. The summed E-state index contributed by atoms with van der Waals surface area (Å²) in [5.74, 6) is 0. The Morgan fingerprint density at radius 2 is 2.00 bits per heavy atom. The fourth-order valence-corrected chi connectivity index (χ4v) is 3.96. The monoisotopic (exact) mass is 282 g/mol. The summed E-state index contributed by atoms with van der Waals surface area (Å²) >= 11 is 0. The highest BCUT2D eigenvalue weighted by Crippen LogP contribution is 2.25. The second-order valence-corrected chi connectivity index (χ2v) is 7.81. The number of pyridine rings is 1. The van der Waals surface area contributed by atoms with Gasteiger partial charge in [-0.25, -0.2) is 8.42 Å². The molecular formula is C14H22N2O2S. The summed E-state index contributed by atoms with van der Waals surface area (Å²) in [6.45, 7) is 2.11. The zero-order chi connectivity index (χ0) is 13.9. The quantitative estimate of drug-likeness (QED) is 0.918. The molecule has 19 heavy (non-hydrogen) atoms. The van der Waals surface area contributed by atoms with Gasteiger partial charge < -0.3 is 5.32 Å². The van der Waals surface area contributed by atoms with Gasteiger partial charge in [0.15, 0.2) is 0 Å².